The molecule has 0 unspecified atom stereocenters. The Kier molecular flexibility index (Phi) is 3.87. The molecule has 0 N–H and O–H groups in total. The highest BCUT2D eigenvalue weighted by Crippen LogP contribution is 2.26. The van der Waals surface area contributed by atoms with Gasteiger partial charge in [-0.05, 0) is 42.5 Å². The van der Waals surface area contributed by atoms with Crippen molar-refractivity contribution in [2.45, 2.75) is 31.6 Å². The summed E-state index contributed by atoms with van der Waals surface area (Å²) in [5, 5.41) is 0. The van der Waals surface area contributed by atoms with Crippen LogP contribution >= 0.6 is 10.7 Å². The van der Waals surface area contributed by atoms with Gasteiger partial charge in [0.2, 0.25) is 5.91 Å². The minimum absolute atomic E-state index is 0.0507. The van der Waals surface area contributed by atoms with Crippen molar-refractivity contribution >= 4 is 25.6 Å². The molecule has 2 rings (SSSR count). The lowest BCUT2D eigenvalue weighted by atomic mass is 10.0. The Morgan fingerprint density at radius 2 is 1.74 bits per heavy atom. The number of halogens is 1. The van der Waals surface area contributed by atoms with Crippen molar-refractivity contribution in [3.8, 4) is 0 Å². The Labute approximate surface area is 117 Å². The Morgan fingerprint density at radius 3 is 2.21 bits per heavy atom. The van der Waals surface area contributed by atoms with Crippen molar-refractivity contribution in [3.63, 3.8) is 0 Å². The zero-order chi connectivity index (χ0) is 14.2. The third-order valence-corrected chi connectivity index (χ3v) is 4.97. The van der Waals surface area contributed by atoms with Crippen LogP contribution in [0.4, 0.5) is 0 Å². The summed E-state index contributed by atoms with van der Waals surface area (Å²) in [5.74, 6) is 0.0507. The highest BCUT2D eigenvalue weighted by Gasteiger charge is 2.20. The number of aryl methyl sites for hydroxylation is 1. The van der Waals surface area contributed by atoms with Gasteiger partial charge in [0.05, 0.1) is 4.90 Å². The van der Waals surface area contributed by atoms with Crippen molar-refractivity contribution in [1.29, 1.82) is 0 Å². The fourth-order valence-corrected chi connectivity index (χ4v) is 3.68. The predicted octanol–water partition coefficient (Wildman–Crippen LogP) is 1.87. The summed E-state index contributed by atoms with van der Waals surface area (Å²) in [6.07, 6.45) is 1.41. The summed E-state index contributed by atoms with van der Waals surface area (Å²) < 4.78 is 23.0. The van der Waals surface area contributed by atoms with Crippen LogP contribution in [0.25, 0.3) is 0 Å². The molecule has 1 aromatic carbocycles. The molecular weight excluding hydrogens is 286 g/mol. The predicted molar refractivity (Wildman–Crippen MR) is 73.9 cm³/mol. The summed E-state index contributed by atoms with van der Waals surface area (Å²) in [6.45, 7) is 4.58. The summed E-state index contributed by atoms with van der Waals surface area (Å²) >= 11 is 0. The number of hydrogen-bond acceptors (Lipinski definition) is 3. The van der Waals surface area contributed by atoms with Gasteiger partial charge in [0.15, 0.2) is 0 Å². The van der Waals surface area contributed by atoms with E-state index in [2.05, 4.69) is 0 Å². The molecule has 1 aromatic rings. The Bertz CT molecular complexity index is 625. The molecule has 4 nitrogen and oxygen atoms in total. The summed E-state index contributed by atoms with van der Waals surface area (Å²) in [4.78, 5) is 13.4. The molecular formula is C13H16ClNO3S. The minimum atomic E-state index is -3.72. The van der Waals surface area contributed by atoms with Crippen LogP contribution in [0.3, 0.4) is 0 Å². The summed E-state index contributed by atoms with van der Waals surface area (Å²) in [6, 6.07) is 3.52. The lowest BCUT2D eigenvalue weighted by molar-refractivity contribution is -0.128. The third kappa shape index (κ3) is 3.09. The van der Waals surface area contributed by atoms with Gasteiger partial charge in [-0.3, -0.25) is 4.79 Å². The zero-order valence-corrected chi connectivity index (χ0v) is 12.5. The molecule has 0 radical (unpaired) electrons. The van der Waals surface area contributed by atoms with E-state index in [1.54, 1.807) is 24.8 Å². The van der Waals surface area contributed by atoms with E-state index in [0.717, 1.165) is 17.5 Å². The van der Waals surface area contributed by atoms with E-state index < -0.39 is 9.05 Å². The van der Waals surface area contributed by atoms with E-state index in [1.807, 2.05) is 6.07 Å². The highest BCUT2D eigenvalue weighted by atomic mass is 35.7. The smallest absolute Gasteiger partial charge is 0.261 e. The van der Waals surface area contributed by atoms with Crippen LogP contribution < -0.4 is 0 Å². The van der Waals surface area contributed by atoms with Crippen LogP contribution in [-0.2, 0) is 26.7 Å². The maximum absolute atomic E-state index is 11.5. The van der Waals surface area contributed by atoms with Gasteiger partial charge in [-0.15, -0.1) is 0 Å². The fraction of sp³-hybridized carbons (Fsp3) is 0.462. The van der Waals surface area contributed by atoms with E-state index in [-0.39, 0.29) is 10.8 Å². The third-order valence-electron chi connectivity index (χ3n) is 3.51. The van der Waals surface area contributed by atoms with E-state index in [4.69, 9.17) is 10.7 Å². The zero-order valence-electron chi connectivity index (χ0n) is 10.9. The Hall–Kier alpha value is -1.07. The van der Waals surface area contributed by atoms with Gasteiger partial charge in [-0.2, -0.15) is 0 Å². The van der Waals surface area contributed by atoms with Crippen molar-refractivity contribution in [2.24, 2.45) is 0 Å². The molecule has 1 aliphatic heterocycles. The maximum Gasteiger partial charge on any atom is 0.261 e. The molecule has 0 fully saturated rings. The maximum atomic E-state index is 11.5. The second kappa shape index (κ2) is 5.13. The number of rotatable bonds is 1. The molecule has 1 amide bonds. The lowest BCUT2D eigenvalue weighted by Gasteiger charge is -2.17. The molecule has 1 aliphatic rings. The fourth-order valence-electron chi connectivity index (χ4n) is 2.46. The first-order chi connectivity index (χ1) is 8.79. The van der Waals surface area contributed by atoms with Crippen molar-refractivity contribution in [2.75, 3.05) is 13.1 Å². The van der Waals surface area contributed by atoms with Crippen LogP contribution in [0, 0.1) is 6.92 Å². The number of carbonyl (C=O) groups excluding carboxylic acids is 1. The number of amides is 1. The molecule has 0 bridgehead atoms. The van der Waals surface area contributed by atoms with Crippen LogP contribution in [0.2, 0.25) is 0 Å². The standard InChI is InChI=1S/C13H16ClNO3S/c1-9-7-11-3-5-15(10(2)16)6-4-12(11)8-13(9)19(14,17)18/h7-8H,3-6H2,1-2H3. The second-order valence-electron chi connectivity index (χ2n) is 4.83. The van der Waals surface area contributed by atoms with Crippen LogP contribution in [-0.4, -0.2) is 32.3 Å². The monoisotopic (exact) mass is 301 g/mol. The Morgan fingerprint density at radius 1 is 1.21 bits per heavy atom. The molecule has 6 heteroatoms. The van der Waals surface area contributed by atoms with Gasteiger partial charge >= 0.3 is 0 Å². The summed E-state index contributed by atoms with van der Waals surface area (Å²) in [5.41, 5.74) is 2.73. The number of nitrogens with zero attached hydrogens (tertiary/aromatic N) is 1. The number of benzene rings is 1. The molecule has 0 saturated carbocycles. The molecule has 0 aromatic heterocycles. The average Bonchev–Trinajstić information content (AvgIpc) is 2.48. The van der Waals surface area contributed by atoms with Crippen LogP contribution in [0.15, 0.2) is 17.0 Å². The number of fused-ring (bicyclic) bond motifs is 1. The average molecular weight is 302 g/mol. The van der Waals surface area contributed by atoms with Gasteiger partial charge in [-0.1, -0.05) is 6.07 Å². The first kappa shape index (κ1) is 14.3. The second-order valence-corrected chi connectivity index (χ2v) is 7.36. The highest BCUT2D eigenvalue weighted by molar-refractivity contribution is 8.13. The quantitative estimate of drug-likeness (QED) is 0.744. The molecule has 0 atom stereocenters. The van der Waals surface area contributed by atoms with E-state index in [1.165, 1.54) is 0 Å². The lowest BCUT2D eigenvalue weighted by Crippen LogP contribution is -2.30. The molecule has 1 heterocycles. The van der Waals surface area contributed by atoms with Crippen molar-refractivity contribution < 1.29 is 13.2 Å². The van der Waals surface area contributed by atoms with Gasteiger partial charge in [0.25, 0.3) is 9.05 Å². The van der Waals surface area contributed by atoms with E-state index in [0.29, 0.717) is 25.1 Å². The largest absolute Gasteiger partial charge is 0.342 e. The molecule has 0 saturated heterocycles. The van der Waals surface area contributed by atoms with E-state index >= 15 is 0 Å². The normalized spacial score (nSPS) is 15.8. The van der Waals surface area contributed by atoms with Crippen molar-refractivity contribution in [1.82, 2.24) is 4.90 Å². The SMILES string of the molecule is CC(=O)N1CCc2cc(C)c(S(=O)(=O)Cl)cc2CC1. The van der Waals surface area contributed by atoms with Crippen LogP contribution in [0.5, 0.6) is 0 Å². The first-order valence-electron chi connectivity index (χ1n) is 6.11. The number of carbonyl (C=O) groups is 1. The van der Waals surface area contributed by atoms with Gasteiger partial charge in [0, 0.05) is 30.7 Å². The first-order valence-corrected chi connectivity index (χ1v) is 8.42. The van der Waals surface area contributed by atoms with Gasteiger partial charge in [-0.25, -0.2) is 8.42 Å². The topological polar surface area (TPSA) is 54.5 Å². The number of hydrogen-bond donors (Lipinski definition) is 0. The Balaban J connectivity index is 2.41. The van der Waals surface area contributed by atoms with E-state index in [9.17, 15) is 13.2 Å². The van der Waals surface area contributed by atoms with Gasteiger partial charge in [0.1, 0.15) is 0 Å². The molecule has 104 valence electrons. The molecule has 19 heavy (non-hydrogen) atoms. The van der Waals surface area contributed by atoms with Crippen molar-refractivity contribution in [3.05, 3.63) is 28.8 Å². The molecule has 0 aliphatic carbocycles. The van der Waals surface area contributed by atoms with Gasteiger partial charge < -0.3 is 4.90 Å². The molecule has 0 spiro atoms. The minimum Gasteiger partial charge on any atom is -0.342 e. The van der Waals surface area contributed by atoms with Crippen LogP contribution in [0.1, 0.15) is 23.6 Å². The summed E-state index contributed by atoms with van der Waals surface area (Å²) in [7, 11) is 1.72.